The van der Waals surface area contributed by atoms with E-state index in [9.17, 15) is 0 Å². The molecule has 4 nitrogen and oxygen atoms in total. The summed E-state index contributed by atoms with van der Waals surface area (Å²) in [5.74, 6) is 1.43. The highest BCUT2D eigenvalue weighted by atomic mass is 16.5. The van der Waals surface area contributed by atoms with E-state index in [1.807, 2.05) is 6.07 Å². The van der Waals surface area contributed by atoms with E-state index >= 15 is 0 Å². The summed E-state index contributed by atoms with van der Waals surface area (Å²) in [5.41, 5.74) is 3.07. The normalized spacial score (nSPS) is 21.4. The second-order valence-corrected chi connectivity index (χ2v) is 4.36. The number of ether oxygens (including phenoxy) is 1. The molecule has 1 unspecified atom stereocenters. The van der Waals surface area contributed by atoms with Gasteiger partial charge in [0.05, 0.1) is 12.1 Å². The van der Waals surface area contributed by atoms with Gasteiger partial charge in [-0.15, -0.1) is 0 Å². The van der Waals surface area contributed by atoms with Crippen molar-refractivity contribution in [2.45, 2.75) is 25.7 Å². The summed E-state index contributed by atoms with van der Waals surface area (Å²) in [4.78, 5) is 12.2. The number of nitrogens with zero attached hydrogens (tertiary/aromatic N) is 2. The van der Waals surface area contributed by atoms with Crippen LogP contribution in [0.4, 0.5) is 0 Å². The molecule has 0 aromatic carbocycles. The molecule has 1 aliphatic heterocycles. The van der Waals surface area contributed by atoms with Crippen molar-refractivity contribution in [1.29, 1.82) is 0 Å². The third kappa shape index (κ3) is 1.59. The summed E-state index contributed by atoms with van der Waals surface area (Å²) in [6, 6.07) is 2.00. The first kappa shape index (κ1) is 9.78. The minimum absolute atomic E-state index is 0.405. The fraction of sp³-hybridized carbons (Fsp3) is 0.500. The van der Waals surface area contributed by atoms with Gasteiger partial charge in [0.2, 0.25) is 0 Å². The largest absolute Gasteiger partial charge is 0.381 e. The van der Waals surface area contributed by atoms with Crippen molar-refractivity contribution >= 4 is 11.2 Å². The summed E-state index contributed by atoms with van der Waals surface area (Å²) < 4.78 is 5.48. The number of pyridine rings is 1. The molecule has 4 heteroatoms. The van der Waals surface area contributed by atoms with Gasteiger partial charge in [-0.1, -0.05) is 0 Å². The molecule has 2 aromatic rings. The van der Waals surface area contributed by atoms with Gasteiger partial charge >= 0.3 is 0 Å². The Hall–Kier alpha value is -1.42. The number of aromatic amines is 1. The van der Waals surface area contributed by atoms with E-state index in [-0.39, 0.29) is 0 Å². The Balaban J connectivity index is 2.01. The second kappa shape index (κ2) is 3.87. The van der Waals surface area contributed by atoms with Crippen LogP contribution in [-0.4, -0.2) is 28.2 Å². The Morgan fingerprint density at radius 3 is 3.19 bits per heavy atom. The summed E-state index contributed by atoms with van der Waals surface area (Å²) in [6.45, 7) is 3.73. The number of fused-ring (bicyclic) bond motifs is 1. The van der Waals surface area contributed by atoms with Crippen LogP contribution < -0.4 is 0 Å². The van der Waals surface area contributed by atoms with Crippen molar-refractivity contribution in [3.05, 3.63) is 23.7 Å². The zero-order valence-corrected chi connectivity index (χ0v) is 9.36. The van der Waals surface area contributed by atoms with Crippen LogP contribution in [0.3, 0.4) is 0 Å². The maximum atomic E-state index is 5.48. The molecule has 0 bridgehead atoms. The average Bonchev–Trinajstić information content (AvgIpc) is 2.76. The van der Waals surface area contributed by atoms with E-state index in [1.54, 1.807) is 6.20 Å². The molecule has 0 amide bonds. The molecule has 1 fully saturated rings. The molecular formula is C12H15N3O. The molecule has 1 saturated heterocycles. The lowest BCUT2D eigenvalue weighted by molar-refractivity contribution is 0.0784. The average molecular weight is 217 g/mol. The molecule has 0 saturated carbocycles. The van der Waals surface area contributed by atoms with Gasteiger partial charge < -0.3 is 9.72 Å². The van der Waals surface area contributed by atoms with Crippen molar-refractivity contribution in [2.75, 3.05) is 13.2 Å². The van der Waals surface area contributed by atoms with Crippen LogP contribution in [0.2, 0.25) is 0 Å². The van der Waals surface area contributed by atoms with Gasteiger partial charge in [-0.05, 0) is 31.4 Å². The lowest BCUT2D eigenvalue weighted by Crippen LogP contribution is -2.16. The summed E-state index contributed by atoms with van der Waals surface area (Å²) in [6.07, 6.45) is 4.08. The predicted molar refractivity (Wildman–Crippen MR) is 61.4 cm³/mol. The maximum Gasteiger partial charge on any atom is 0.177 e. The van der Waals surface area contributed by atoms with E-state index in [2.05, 4.69) is 21.9 Å². The molecular weight excluding hydrogens is 202 g/mol. The van der Waals surface area contributed by atoms with E-state index < -0.39 is 0 Å². The predicted octanol–water partition coefficient (Wildman–Crippen LogP) is 2.16. The van der Waals surface area contributed by atoms with Gasteiger partial charge in [0.15, 0.2) is 5.65 Å². The van der Waals surface area contributed by atoms with Crippen LogP contribution in [0.5, 0.6) is 0 Å². The molecule has 84 valence electrons. The van der Waals surface area contributed by atoms with Gasteiger partial charge in [-0.25, -0.2) is 9.97 Å². The van der Waals surface area contributed by atoms with E-state index in [4.69, 9.17) is 4.74 Å². The molecule has 2 aromatic heterocycles. The Bertz CT molecular complexity index is 500. The van der Waals surface area contributed by atoms with Crippen LogP contribution in [0.25, 0.3) is 11.2 Å². The molecule has 0 radical (unpaired) electrons. The van der Waals surface area contributed by atoms with Crippen molar-refractivity contribution in [1.82, 2.24) is 15.0 Å². The highest BCUT2D eigenvalue weighted by molar-refractivity contribution is 5.74. The highest BCUT2D eigenvalue weighted by Crippen LogP contribution is 2.25. The summed E-state index contributed by atoms with van der Waals surface area (Å²) in [5, 5.41) is 0. The van der Waals surface area contributed by atoms with Gasteiger partial charge in [-0.3, -0.25) is 0 Å². The molecule has 1 N–H and O–H groups in total. The van der Waals surface area contributed by atoms with E-state index in [0.29, 0.717) is 5.92 Å². The molecule has 1 atom stereocenters. The topological polar surface area (TPSA) is 50.8 Å². The molecule has 3 rings (SSSR count). The number of hydrogen-bond donors (Lipinski definition) is 1. The smallest absolute Gasteiger partial charge is 0.177 e. The van der Waals surface area contributed by atoms with Crippen molar-refractivity contribution in [3.8, 4) is 0 Å². The van der Waals surface area contributed by atoms with Crippen LogP contribution in [0.1, 0.15) is 30.1 Å². The van der Waals surface area contributed by atoms with Gasteiger partial charge in [0.1, 0.15) is 5.82 Å². The van der Waals surface area contributed by atoms with Crippen LogP contribution in [0.15, 0.2) is 12.3 Å². The molecule has 3 heterocycles. The maximum absolute atomic E-state index is 5.48. The number of aromatic nitrogens is 3. The first-order chi connectivity index (χ1) is 7.84. The molecule has 0 spiro atoms. The van der Waals surface area contributed by atoms with Crippen LogP contribution in [0, 0.1) is 6.92 Å². The number of H-pyrrole nitrogens is 1. The molecule has 0 aliphatic carbocycles. The fourth-order valence-corrected chi connectivity index (χ4v) is 2.20. The first-order valence-corrected chi connectivity index (χ1v) is 5.73. The van der Waals surface area contributed by atoms with E-state index in [0.717, 1.165) is 43.0 Å². The lowest BCUT2D eigenvalue weighted by atomic mass is 10.0. The minimum atomic E-state index is 0.405. The number of aryl methyl sites for hydroxylation is 1. The Morgan fingerprint density at radius 1 is 1.50 bits per heavy atom. The zero-order valence-electron chi connectivity index (χ0n) is 9.36. The first-order valence-electron chi connectivity index (χ1n) is 5.73. The Kier molecular flexibility index (Phi) is 2.36. The van der Waals surface area contributed by atoms with Crippen LogP contribution >= 0.6 is 0 Å². The third-order valence-corrected chi connectivity index (χ3v) is 3.17. The number of rotatable bonds is 1. The number of hydrogen-bond acceptors (Lipinski definition) is 3. The van der Waals surface area contributed by atoms with Gasteiger partial charge in [0, 0.05) is 18.7 Å². The zero-order chi connectivity index (χ0) is 11.0. The fourth-order valence-electron chi connectivity index (χ4n) is 2.20. The van der Waals surface area contributed by atoms with Crippen molar-refractivity contribution < 1.29 is 4.74 Å². The van der Waals surface area contributed by atoms with Gasteiger partial charge in [0.25, 0.3) is 0 Å². The molecule has 1 aliphatic rings. The summed E-state index contributed by atoms with van der Waals surface area (Å²) in [7, 11) is 0. The molecule has 16 heavy (non-hydrogen) atoms. The summed E-state index contributed by atoms with van der Waals surface area (Å²) >= 11 is 0. The number of nitrogens with one attached hydrogen (secondary N) is 1. The van der Waals surface area contributed by atoms with Gasteiger partial charge in [-0.2, -0.15) is 0 Å². The highest BCUT2D eigenvalue weighted by Gasteiger charge is 2.19. The van der Waals surface area contributed by atoms with E-state index in [1.165, 1.54) is 5.56 Å². The lowest BCUT2D eigenvalue weighted by Gasteiger charge is -2.19. The quantitative estimate of drug-likeness (QED) is 0.796. The monoisotopic (exact) mass is 217 g/mol. The third-order valence-electron chi connectivity index (χ3n) is 3.17. The number of imidazole rings is 1. The Morgan fingerprint density at radius 2 is 2.44 bits per heavy atom. The minimum Gasteiger partial charge on any atom is -0.381 e. The standard InChI is InChI=1S/C12H15N3O/c1-8-4-5-13-12-10(8)14-11(15-12)9-3-2-6-16-7-9/h4-5,9H,2-3,6-7H2,1H3,(H,13,14,15). The van der Waals surface area contributed by atoms with Crippen molar-refractivity contribution in [2.24, 2.45) is 0 Å². The second-order valence-electron chi connectivity index (χ2n) is 4.36. The van der Waals surface area contributed by atoms with Crippen LogP contribution in [-0.2, 0) is 4.74 Å². The van der Waals surface area contributed by atoms with Crippen molar-refractivity contribution in [3.63, 3.8) is 0 Å². The SMILES string of the molecule is Cc1ccnc2nc(C3CCCOC3)[nH]c12. The Labute approximate surface area is 94.1 Å².